The summed E-state index contributed by atoms with van der Waals surface area (Å²) in [5.74, 6) is -0.207. The molecule has 0 saturated heterocycles. The normalized spacial score (nSPS) is 10.9. The number of benzene rings is 1. The van der Waals surface area contributed by atoms with Crippen LogP contribution in [0.15, 0.2) is 48.8 Å². The van der Waals surface area contributed by atoms with E-state index in [9.17, 15) is 12.8 Å². The summed E-state index contributed by atoms with van der Waals surface area (Å²) in [6.45, 7) is 0.624. The number of sulfone groups is 1. The highest BCUT2D eigenvalue weighted by Crippen LogP contribution is 2.04. The third-order valence-corrected chi connectivity index (χ3v) is 3.53. The van der Waals surface area contributed by atoms with Gasteiger partial charge in [-0.1, -0.05) is 0 Å². The fourth-order valence-corrected chi connectivity index (χ4v) is 2.59. The fourth-order valence-electron chi connectivity index (χ4n) is 1.79. The van der Waals surface area contributed by atoms with E-state index < -0.39 is 9.84 Å². The van der Waals surface area contributed by atoms with Crippen LogP contribution in [-0.4, -0.2) is 14.7 Å². The molecule has 0 radical (unpaired) electrons. The number of nitrogens with zero attached hydrogens (tertiary/aromatic N) is 1. The number of hydrogen-bond acceptors (Lipinski definition) is 2. The summed E-state index contributed by atoms with van der Waals surface area (Å²) in [5, 5.41) is 0. The molecule has 0 aliphatic carbocycles. The summed E-state index contributed by atoms with van der Waals surface area (Å²) < 4.78 is 37.0. The maximum Gasteiger partial charge on any atom is 0.173 e. The molecular weight excluding hydrogens is 301 g/mol. The molecule has 0 bridgehead atoms. The molecule has 3 nitrogen and oxygen atoms in total. The number of halogens is 2. The van der Waals surface area contributed by atoms with Crippen molar-refractivity contribution in [3.05, 3.63) is 65.7 Å². The van der Waals surface area contributed by atoms with Crippen molar-refractivity contribution >= 4 is 9.84 Å². The minimum Gasteiger partial charge on any atom is -1.00 e. The average molecular weight is 316 g/mol. The molecule has 1 aromatic carbocycles. The van der Waals surface area contributed by atoms with E-state index in [1.807, 2.05) is 17.0 Å². The first-order chi connectivity index (χ1) is 8.92. The predicted octanol–water partition coefficient (Wildman–Crippen LogP) is -1.29. The Hall–Kier alpha value is -1.46. The molecule has 1 aromatic heterocycles. The zero-order chi connectivity index (χ0) is 13.9. The standard InChI is InChI=1S/C14H15FNO2S.ClH/c1-19(17,18)11-13-6-8-16(9-7-13)10-12-2-4-14(15)5-3-12;/h2-9H,10-11H2,1H3;1H/q+1;/p-1. The Morgan fingerprint density at radius 3 is 2.05 bits per heavy atom. The van der Waals surface area contributed by atoms with Crippen LogP contribution in [0.5, 0.6) is 0 Å². The van der Waals surface area contributed by atoms with E-state index in [-0.39, 0.29) is 24.0 Å². The van der Waals surface area contributed by atoms with E-state index in [1.165, 1.54) is 18.4 Å². The van der Waals surface area contributed by atoms with E-state index in [2.05, 4.69) is 0 Å². The van der Waals surface area contributed by atoms with Gasteiger partial charge in [0, 0.05) is 24.0 Å². The molecule has 0 fully saturated rings. The fraction of sp³-hybridized carbons (Fsp3) is 0.214. The lowest BCUT2D eigenvalue weighted by Crippen LogP contribution is -3.00. The third kappa shape index (κ3) is 5.27. The topological polar surface area (TPSA) is 38.0 Å². The molecule has 0 aliphatic heterocycles. The third-order valence-electron chi connectivity index (χ3n) is 2.67. The lowest BCUT2D eigenvalue weighted by molar-refractivity contribution is -0.688. The maximum absolute atomic E-state index is 12.8. The van der Waals surface area contributed by atoms with Gasteiger partial charge in [-0.2, -0.15) is 0 Å². The van der Waals surface area contributed by atoms with Crippen molar-refractivity contribution < 1.29 is 29.8 Å². The van der Waals surface area contributed by atoms with Crippen LogP contribution >= 0.6 is 0 Å². The van der Waals surface area contributed by atoms with Gasteiger partial charge in [-0.3, -0.25) is 0 Å². The molecule has 2 aromatic rings. The monoisotopic (exact) mass is 315 g/mol. The van der Waals surface area contributed by atoms with Crippen LogP contribution in [0.25, 0.3) is 0 Å². The van der Waals surface area contributed by atoms with E-state index in [4.69, 9.17) is 0 Å². The molecule has 6 heteroatoms. The van der Waals surface area contributed by atoms with E-state index >= 15 is 0 Å². The van der Waals surface area contributed by atoms with Gasteiger partial charge >= 0.3 is 0 Å². The van der Waals surface area contributed by atoms with Crippen LogP contribution in [-0.2, 0) is 22.1 Å². The number of rotatable bonds is 4. The van der Waals surface area contributed by atoms with Gasteiger partial charge in [0.25, 0.3) is 0 Å². The second kappa shape index (κ2) is 6.81. The molecule has 1 heterocycles. The Morgan fingerprint density at radius 2 is 1.55 bits per heavy atom. The van der Waals surface area contributed by atoms with Crippen molar-refractivity contribution in [1.29, 1.82) is 0 Å². The minimum absolute atomic E-state index is 0. The molecule has 2 rings (SSSR count). The lowest BCUT2D eigenvalue weighted by atomic mass is 10.2. The van der Waals surface area contributed by atoms with Gasteiger partial charge in [0.1, 0.15) is 5.82 Å². The SMILES string of the molecule is CS(=O)(=O)Cc1cc[n+](Cc2ccc(F)cc2)cc1.[Cl-]. The van der Waals surface area contributed by atoms with Crippen LogP contribution in [0.4, 0.5) is 4.39 Å². The molecule has 0 amide bonds. The number of aromatic nitrogens is 1. The quantitative estimate of drug-likeness (QED) is 0.659. The largest absolute Gasteiger partial charge is 1.00 e. The number of hydrogen-bond donors (Lipinski definition) is 0. The first-order valence-electron chi connectivity index (χ1n) is 5.82. The first kappa shape index (κ1) is 16.6. The molecule has 20 heavy (non-hydrogen) atoms. The highest BCUT2D eigenvalue weighted by atomic mass is 35.5. The summed E-state index contributed by atoms with van der Waals surface area (Å²) in [6.07, 6.45) is 4.86. The summed E-state index contributed by atoms with van der Waals surface area (Å²) in [5.41, 5.74) is 1.75. The zero-order valence-electron chi connectivity index (χ0n) is 11.0. The van der Waals surface area contributed by atoms with Gasteiger partial charge < -0.3 is 12.4 Å². The Morgan fingerprint density at radius 1 is 1.00 bits per heavy atom. The van der Waals surface area contributed by atoms with Crippen molar-refractivity contribution in [1.82, 2.24) is 0 Å². The lowest BCUT2D eigenvalue weighted by Gasteiger charge is -2.00. The number of pyridine rings is 1. The summed E-state index contributed by atoms with van der Waals surface area (Å²) in [6, 6.07) is 9.87. The molecule has 108 valence electrons. The Bertz CT molecular complexity index is 655. The molecular formula is C14H15ClFNO2S. The minimum atomic E-state index is -3.00. The van der Waals surface area contributed by atoms with Gasteiger partial charge in [0.15, 0.2) is 28.8 Å². The van der Waals surface area contributed by atoms with Gasteiger partial charge in [-0.15, -0.1) is 0 Å². The van der Waals surface area contributed by atoms with Crippen molar-refractivity contribution in [2.45, 2.75) is 12.3 Å². The molecule has 0 atom stereocenters. The summed E-state index contributed by atoms with van der Waals surface area (Å²) in [7, 11) is -3.00. The van der Waals surface area contributed by atoms with Crippen molar-refractivity contribution in [3.8, 4) is 0 Å². The predicted molar refractivity (Wildman–Crippen MR) is 70.7 cm³/mol. The molecule has 0 unspecified atom stereocenters. The molecule has 0 aliphatic rings. The first-order valence-corrected chi connectivity index (χ1v) is 7.88. The second-order valence-corrected chi connectivity index (χ2v) is 6.72. The highest BCUT2D eigenvalue weighted by molar-refractivity contribution is 7.89. The Labute approximate surface area is 124 Å². The van der Waals surface area contributed by atoms with Crippen molar-refractivity contribution in [2.24, 2.45) is 0 Å². The van der Waals surface area contributed by atoms with Gasteiger partial charge in [0.05, 0.1) is 5.75 Å². The molecule has 0 N–H and O–H groups in total. The summed E-state index contributed by atoms with van der Waals surface area (Å²) >= 11 is 0. The smallest absolute Gasteiger partial charge is 0.173 e. The zero-order valence-corrected chi connectivity index (χ0v) is 12.5. The summed E-state index contributed by atoms with van der Waals surface area (Å²) in [4.78, 5) is 0. The van der Waals surface area contributed by atoms with E-state index in [0.717, 1.165) is 11.1 Å². The van der Waals surface area contributed by atoms with Crippen LogP contribution in [0.2, 0.25) is 0 Å². The van der Waals surface area contributed by atoms with Crippen molar-refractivity contribution in [3.63, 3.8) is 0 Å². The van der Waals surface area contributed by atoms with Gasteiger partial charge in [-0.05, 0) is 29.8 Å². The van der Waals surface area contributed by atoms with Crippen LogP contribution < -0.4 is 17.0 Å². The molecule has 0 saturated carbocycles. The maximum atomic E-state index is 12.8. The Kier molecular flexibility index (Phi) is 5.65. The Balaban J connectivity index is 0.00000200. The highest BCUT2D eigenvalue weighted by Gasteiger charge is 2.07. The average Bonchev–Trinajstić information content (AvgIpc) is 2.33. The van der Waals surface area contributed by atoms with Gasteiger partial charge in [-0.25, -0.2) is 17.4 Å². The van der Waals surface area contributed by atoms with Crippen LogP contribution in [0, 0.1) is 5.82 Å². The van der Waals surface area contributed by atoms with E-state index in [1.54, 1.807) is 24.3 Å². The van der Waals surface area contributed by atoms with Crippen LogP contribution in [0.1, 0.15) is 11.1 Å². The second-order valence-electron chi connectivity index (χ2n) is 4.58. The van der Waals surface area contributed by atoms with Crippen LogP contribution in [0.3, 0.4) is 0 Å². The van der Waals surface area contributed by atoms with Crippen molar-refractivity contribution in [2.75, 3.05) is 6.26 Å². The molecule has 0 spiro atoms. The van der Waals surface area contributed by atoms with E-state index in [0.29, 0.717) is 6.54 Å². The van der Waals surface area contributed by atoms with Gasteiger partial charge in [0.2, 0.25) is 0 Å².